The molecule has 0 fully saturated rings. The molecule has 0 bridgehead atoms. The minimum Gasteiger partial charge on any atom is -0.312 e. The molecule has 1 heterocycles. The van der Waals surface area contributed by atoms with Crippen molar-refractivity contribution in [1.82, 2.24) is 10.3 Å². The summed E-state index contributed by atoms with van der Waals surface area (Å²) in [7, 11) is 0. The molecule has 0 amide bonds. The maximum absolute atomic E-state index is 5.19. The molecule has 3 heteroatoms. The first-order valence-electron chi connectivity index (χ1n) is 4.55. The summed E-state index contributed by atoms with van der Waals surface area (Å²) in [6.45, 7) is 1.75. The van der Waals surface area contributed by atoms with E-state index in [4.69, 9.17) is 6.42 Å². The summed E-state index contributed by atoms with van der Waals surface area (Å²) in [4.78, 5) is 4.25. The number of aromatic nitrogens is 1. The molecule has 0 unspecified atom stereocenters. The minimum absolute atomic E-state index is 0.602. The first kappa shape index (κ1) is 11.1. The van der Waals surface area contributed by atoms with Gasteiger partial charge < -0.3 is 5.32 Å². The van der Waals surface area contributed by atoms with Crippen molar-refractivity contribution in [2.24, 2.45) is 0 Å². The van der Waals surface area contributed by atoms with Crippen LogP contribution in [0.3, 0.4) is 0 Å². The van der Waals surface area contributed by atoms with E-state index in [1.54, 1.807) is 0 Å². The highest BCUT2D eigenvalue weighted by atomic mass is 32.1. The third-order valence-corrected chi connectivity index (χ3v) is 2.01. The van der Waals surface area contributed by atoms with Crippen molar-refractivity contribution in [1.29, 1.82) is 0 Å². The standard InChI is InChI=1S/C11H14N2S/c1-2-3-11-5-4-10(9-13-11)8-12-6-7-14/h1,4-5,9,12,14H,3,6-8H2. The zero-order valence-electron chi connectivity index (χ0n) is 8.03. The van der Waals surface area contributed by atoms with Crippen LogP contribution in [0.15, 0.2) is 18.3 Å². The smallest absolute Gasteiger partial charge is 0.0522 e. The van der Waals surface area contributed by atoms with E-state index in [1.807, 2.05) is 18.3 Å². The van der Waals surface area contributed by atoms with Gasteiger partial charge in [0.1, 0.15) is 0 Å². The van der Waals surface area contributed by atoms with Gasteiger partial charge >= 0.3 is 0 Å². The number of thiol groups is 1. The van der Waals surface area contributed by atoms with Gasteiger partial charge in [-0.2, -0.15) is 12.6 Å². The molecule has 1 rings (SSSR count). The van der Waals surface area contributed by atoms with Crippen LogP contribution in [0.1, 0.15) is 11.3 Å². The molecule has 74 valence electrons. The molecular weight excluding hydrogens is 192 g/mol. The number of hydrogen-bond donors (Lipinski definition) is 2. The van der Waals surface area contributed by atoms with Crippen molar-refractivity contribution in [2.75, 3.05) is 12.3 Å². The number of nitrogens with one attached hydrogen (secondary N) is 1. The van der Waals surface area contributed by atoms with E-state index in [9.17, 15) is 0 Å². The topological polar surface area (TPSA) is 24.9 Å². The molecule has 0 radical (unpaired) electrons. The lowest BCUT2D eigenvalue weighted by atomic mass is 10.2. The molecule has 0 saturated heterocycles. The van der Waals surface area contributed by atoms with Crippen molar-refractivity contribution in [2.45, 2.75) is 13.0 Å². The summed E-state index contributed by atoms with van der Waals surface area (Å²) >= 11 is 4.11. The van der Waals surface area contributed by atoms with Crippen molar-refractivity contribution in [3.63, 3.8) is 0 Å². The van der Waals surface area contributed by atoms with Crippen LogP contribution in [0.2, 0.25) is 0 Å². The van der Waals surface area contributed by atoms with Gasteiger partial charge in [0.15, 0.2) is 0 Å². The van der Waals surface area contributed by atoms with E-state index in [-0.39, 0.29) is 0 Å². The fourth-order valence-electron chi connectivity index (χ4n) is 1.08. The van der Waals surface area contributed by atoms with Crippen LogP contribution in [0.4, 0.5) is 0 Å². The highest BCUT2D eigenvalue weighted by Crippen LogP contribution is 2.00. The number of terminal acetylenes is 1. The van der Waals surface area contributed by atoms with Crippen LogP contribution in [0, 0.1) is 12.3 Å². The van der Waals surface area contributed by atoms with Crippen LogP contribution < -0.4 is 5.32 Å². The average Bonchev–Trinajstić information content (AvgIpc) is 2.21. The maximum Gasteiger partial charge on any atom is 0.0522 e. The minimum atomic E-state index is 0.602. The summed E-state index contributed by atoms with van der Waals surface area (Å²) in [6.07, 6.45) is 7.65. The molecular formula is C11H14N2S. The monoisotopic (exact) mass is 206 g/mol. The summed E-state index contributed by atoms with van der Waals surface area (Å²) in [5, 5.41) is 3.25. The van der Waals surface area contributed by atoms with Gasteiger partial charge in [-0.25, -0.2) is 0 Å². The lowest BCUT2D eigenvalue weighted by Crippen LogP contribution is -2.15. The predicted molar refractivity (Wildman–Crippen MR) is 62.3 cm³/mol. The Morgan fingerprint density at radius 2 is 2.36 bits per heavy atom. The Bertz CT molecular complexity index is 300. The van der Waals surface area contributed by atoms with Gasteiger partial charge in [0, 0.05) is 25.0 Å². The summed E-state index contributed by atoms with van der Waals surface area (Å²) in [6, 6.07) is 4.02. The van der Waals surface area contributed by atoms with E-state index >= 15 is 0 Å². The average molecular weight is 206 g/mol. The van der Waals surface area contributed by atoms with Gasteiger partial charge in [0.2, 0.25) is 0 Å². The number of hydrogen-bond acceptors (Lipinski definition) is 3. The summed E-state index contributed by atoms with van der Waals surface area (Å²) in [5.41, 5.74) is 2.12. The first-order valence-corrected chi connectivity index (χ1v) is 5.19. The van der Waals surface area contributed by atoms with Crippen LogP contribution in [0.25, 0.3) is 0 Å². The molecule has 14 heavy (non-hydrogen) atoms. The number of rotatable bonds is 5. The molecule has 1 N–H and O–H groups in total. The van der Waals surface area contributed by atoms with E-state index in [1.165, 1.54) is 5.56 Å². The van der Waals surface area contributed by atoms with Gasteiger partial charge in [-0.15, -0.1) is 12.3 Å². The Balaban J connectivity index is 2.43. The van der Waals surface area contributed by atoms with Crippen LogP contribution in [-0.4, -0.2) is 17.3 Å². The summed E-state index contributed by atoms with van der Waals surface area (Å²) < 4.78 is 0. The normalized spacial score (nSPS) is 9.71. The van der Waals surface area contributed by atoms with Crippen LogP contribution >= 0.6 is 12.6 Å². The molecule has 0 aromatic carbocycles. The quantitative estimate of drug-likeness (QED) is 0.431. The summed E-state index contributed by atoms with van der Waals surface area (Å²) in [5.74, 6) is 3.42. The Morgan fingerprint density at radius 3 is 2.93 bits per heavy atom. The Kier molecular flexibility index (Phi) is 5.13. The van der Waals surface area contributed by atoms with Crippen LogP contribution in [0.5, 0.6) is 0 Å². The lowest BCUT2D eigenvalue weighted by Gasteiger charge is -2.02. The second-order valence-electron chi connectivity index (χ2n) is 2.94. The van der Waals surface area contributed by atoms with Crippen molar-refractivity contribution in [3.05, 3.63) is 29.6 Å². The maximum atomic E-state index is 5.19. The second-order valence-corrected chi connectivity index (χ2v) is 3.39. The third-order valence-electron chi connectivity index (χ3n) is 1.79. The number of pyridine rings is 1. The van der Waals surface area contributed by atoms with Crippen molar-refractivity contribution >= 4 is 12.6 Å². The zero-order chi connectivity index (χ0) is 10.2. The third kappa shape index (κ3) is 3.82. The lowest BCUT2D eigenvalue weighted by molar-refractivity contribution is 0.729. The van der Waals surface area contributed by atoms with E-state index < -0.39 is 0 Å². The van der Waals surface area contributed by atoms with E-state index in [0.29, 0.717) is 6.42 Å². The van der Waals surface area contributed by atoms with Gasteiger partial charge in [0.05, 0.1) is 12.1 Å². The number of nitrogens with zero attached hydrogens (tertiary/aromatic N) is 1. The van der Waals surface area contributed by atoms with Gasteiger partial charge in [0.25, 0.3) is 0 Å². The van der Waals surface area contributed by atoms with Gasteiger partial charge in [-0.05, 0) is 11.6 Å². The zero-order valence-corrected chi connectivity index (χ0v) is 8.93. The Labute approximate surface area is 90.5 Å². The largest absolute Gasteiger partial charge is 0.312 e. The van der Waals surface area contributed by atoms with E-state index in [2.05, 4.69) is 28.8 Å². The van der Waals surface area contributed by atoms with Crippen molar-refractivity contribution < 1.29 is 0 Å². The molecule has 0 aliphatic carbocycles. The van der Waals surface area contributed by atoms with Gasteiger partial charge in [-0.3, -0.25) is 4.98 Å². The fraction of sp³-hybridized carbons (Fsp3) is 0.364. The van der Waals surface area contributed by atoms with Crippen molar-refractivity contribution in [3.8, 4) is 12.3 Å². The van der Waals surface area contributed by atoms with Crippen LogP contribution in [-0.2, 0) is 13.0 Å². The Morgan fingerprint density at radius 1 is 1.50 bits per heavy atom. The highest BCUT2D eigenvalue weighted by molar-refractivity contribution is 7.80. The predicted octanol–water partition coefficient (Wildman–Crippen LogP) is 1.28. The Hall–Kier alpha value is -0.980. The molecule has 1 aromatic heterocycles. The molecule has 0 aliphatic heterocycles. The fourth-order valence-corrected chi connectivity index (χ4v) is 1.24. The second kappa shape index (κ2) is 6.47. The molecule has 1 aromatic rings. The molecule has 0 atom stereocenters. The van der Waals surface area contributed by atoms with Gasteiger partial charge in [-0.1, -0.05) is 6.07 Å². The highest BCUT2D eigenvalue weighted by Gasteiger charge is 1.94. The molecule has 0 aliphatic rings. The van der Waals surface area contributed by atoms with E-state index in [0.717, 1.165) is 24.5 Å². The first-order chi connectivity index (χ1) is 6.86. The molecule has 0 spiro atoms. The molecule has 2 nitrogen and oxygen atoms in total. The SMILES string of the molecule is C#CCc1ccc(CNCCS)cn1. The molecule has 0 saturated carbocycles.